The van der Waals surface area contributed by atoms with Crippen molar-refractivity contribution < 1.29 is 9.60 Å². The Bertz CT molecular complexity index is 335. The fourth-order valence-corrected chi connectivity index (χ4v) is 1.38. The Morgan fingerprint density at radius 2 is 2.00 bits per heavy atom. The molecule has 0 atom stereocenters. The van der Waals surface area contributed by atoms with E-state index in [9.17, 15) is 4.39 Å². The van der Waals surface area contributed by atoms with E-state index in [0.717, 1.165) is 17.7 Å². The van der Waals surface area contributed by atoms with Crippen molar-refractivity contribution in [3.63, 3.8) is 0 Å². The van der Waals surface area contributed by atoms with Crippen LogP contribution in [0, 0.1) is 5.82 Å². The smallest absolute Gasteiger partial charge is 0.123 e. The number of rotatable bonds is 6. The summed E-state index contributed by atoms with van der Waals surface area (Å²) < 4.78 is 12.8. The average molecular weight is 224 g/mol. The molecule has 0 heterocycles. The van der Waals surface area contributed by atoms with E-state index in [1.165, 1.54) is 12.1 Å². The molecule has 0 saturated carbocycles. The lowest BCUT2D eigenvalue weighted by Crippen LogP contribution is -2.24. The maximum absolute atomic E-state index is 12.8. The average Bonchev–Trinajstić information content (AvgIpc) is 2.29. The minimum Gasteiger partial charge on any atom is -0.383 e. The maximum atomic E-state index is 12.8. The molecule has 0 aromatic heterocycles. The van der Waals surface area contributed by atoms with Gasteiger partial charge in [-0.3, -0.25) is 0 Å². The van der Waals surface area contributed by atoms with E-state index in [1.54, 1.807) is 12.1 Å². The molecule has 16 heavy (non-hydrogen) atoms. The first-order valence-electron chi connectivity index (χ1n) is 5.35. The van der Waals surface area contributed by atoms with Crippen LogP contribution in [0.4, 0.5) is 4.39 Å². The second-order valence-electron chi connectivity index (χ2n) is 3.37. The lowest BCUT2D eigenvalue weighted by atomic mass is 10.1. The molecule has 0 unspecified atom stereocenters. The predicted octanol–water partition coefficient (Wildman–Crippen LogP) is 2.15. The van der Waals surface area contributed by atoms with Crippen LogP contribution in [-0.2, 0) is 0 Å². The third-order valence-electron chi connectivity index (χ3n) is 2.12. The quantitative estimate of drug-likeness (QED) is 0.512. The zero-order valence-corrected chi connectivity index (χ0v) is 9.33. The highest BCUT2D eigenvalue weighted by Crippen LogP contribution is 2.12. The van der Waals surface area contributed by atoms with Crippen molar-refractivity contribution in [1.82, 2.24) is 10.8 Å². The summed E-state index contributed by atoms with van der Waals surface area (Å²) >= 11 is 0. The molecule has 3 N–H and O–H groups in total. The third kappa shape index (κ3) is 4.00. The molecule has 0 spiro atoms. The van der Waals surface area contributed by atoms with Crippen LogP contribution in [0.25, 0.3) is 5.70 Å². The summed E-state index contributed by atoms with van der Waals surface area (Å²) in [5.74, 6) is -0.239. The van der Waals surface area contributed by atoms with Gasteiger partial charge in [-0.05, 0) is 24.1 Å². The number of allylic oxidation sites excluding steroid dienone is 1. The van der Waals surface area contributed by atoms with Gasteiger partial charge in [0.15, 0.2) is 0 Å². The molecule has 4 heteroatoms. The number of hydroxylamine groups is 1. The summed E-state index contributed by atoms with van der Waals surface area (Å²) in [6.07, 6.45) is 2.93. The van der Waals surface area contributed by atoms with Crippen LogP contribution in [0.15, 0.2) is 30.3 Å². The van der Waals surface area contributed by atoms with Crippen LogP contribution in [0.2, 0.25) is 0 Å². The van der Waals surface area contributed by atoms with Crippen LogP contribution in [0.3, 0.4) is 0 Å². The Balaban J connectivity index is 2.70. The first-order valence-corrected chi connectivity index (χ1v) is 5.35. The lowest BCUT2D eigenvalue weighted by molar-refractivity contribution is 0.169. The van der Waals surface area contributed by atoms with Gasteiger partial charge in [0.2, 0.25) is 0 Å². The lowest BCUT2D eigenvalue weighted by Gasteiger charge is -2.10. The zero-order valence-electron chi connectivity index (χ0n) is 9.33. The zero-order chi connectivity index (χ0) is 11.8. The van der Waals surface area contributed by atoms with Gasteiger partial charge in [-0.1, -0.05) is 25.1 Å². The topological polar surface area (TPSA) is 44.3 Å². The van der Waals surface area contributed by atoms with Gasteiger partial charge >= 0.3 is 0 Å². The van der Waals surface area contributed by atoms with Gasteiger partial charge < -0.3 is 10.5 Å². The van der Waals surface area contributed by atoms with Crippen LogP contribution in [0.5, 0.6) is 0 Å². The number of benzene rings is 1. The molecule has 0 aliphatic rings. The third-order valence-corrected chi connectivity index (χ3v) is 2.12. The molecule has 0 saturated heterocycles. The summed E-state index contributed by atoms with van der Waals surface area (Å²) in [6.45, 7) is 3.11. The molecule has 1 aromatic carbocycles. The number of hydrogen-bond donors (Lipinski definition) is 3. The monoisotopic (exact) mass is 224 g/mol. The van der Waals surface area contributed by atoms with Gasteiger partial charge in [0.1, 0.15) is 5.82 Å². The molecule has 0 aliphatic heterocycles. The molecule has 0 fully saturated rings. The Hall–Kier alpha value is -1.39. The van der Waals surface area contributed by atoms with E-state index < -0.39 is 0 Å². The highest BCUT2D eigenvalue weighted by molar-refractivity contribution is 5.63. The van der Waals surface area contributed by atoms with Crippen molar-refractivity contribution in [2.45, 2.75) is 13.3 Å². The van der Waals surface area contributed by atoms with Crippen LogP contribution >= 0.6 is 0 Å². The first kappa shape index (κ1) is 12.7. The Morgan fingerprint density at radius 1 is 1.31 bits per heavy atom. The summed E-state index contributed by atoms with van der Waals surface area (Å²) in [6, 6.07) is 6.34. The summed E-state index contributed by atoms with van der Waals surface area (Å²) in [4.78, 5) is 0. The summed E-state index contributed by atoms with van der Waals surface area (Å²) in [5, 5.41) is 11.6. The minimum absolute atomic E-state index is 0.239. The molecule has 0 bridgehead atoms. The van der Waals surface area contributed by atoms with Crippen molar-refractivity contribution in [1.29, 1.82) is 0 Å². The highest BCUT2D eigenvalue weighted by Gasteiger charge is 2.00. The van der Waals surface area contributed by atoms with E-state index in [4.69, 9.17) is 5.21 Å². The molecule has 0 radical (unpaired) electrons. The fourth-order valence-electron chi connectivity index (χ4n) is 1.38. The van der Waals surface area contributed by atoms with Crippen molar-refractivity contribution >= 4 is 5.70 Å². The van der Waals surface area contributed by atoms with E-state index >= 15 is 0 Å². The van der Waals surface area contributed by atoms with Crippen LogP contribution in [0.1, 0.15) is 18.9 Å². The van der Waals surface area contributed by atoms with Crippen LogP contribution in [-0.4, -0.2) is 18.3 Å². The first-order chi connectivity index (χ1) is 7.77. The van der Waals surface area contributed by atoms with Gasteiger partial charge in [-0.25, -0.2) is 9.87 Å². The van der Waals surface area contributed by atoms with Gasteiger partial charge in [0, 0.05) is 18.8 Å². The Kier molecular flexibility index (Phi) is 5.53. The van der Waals surface area contributed by atoms with Gasteiger partial charge in [0.05, 0.1) is 0 Å². The number of hydrogen-bond acceptors (Lipinski definition) is 3. The SMILES string of the molecule is CC/C=C(/NCCNO)c1ccc(F)cc1. The molecular weight excluding hydrogens is 207 g/mol. The summed E-state index contributed by atoms with van der Waals surface area (Å²) in [5.41, 5.74) is 3.98. The Labute approximate surface area is 94.9 Å². The second kappa shape index (κ2) is 6.98. The molecule has 1 aromatic rings. The van der Waals surface area contributed by atoms with E-state index in [-0.39, 0.29) is 5.82 Å². The van der Waals surface area contributed by atoms with Crippen molar-refractivity contribution in [3.8, 4) is 0 Å². The van der Waals surface area contributed by atoms with E-state index in [1.807, 2.05) is 13.0 Å². The number of nitrogens with one attached hydrogen (secondary N) is 2. The van der Waals surface area contributed by atoms with Gasteiger partial charge in [-0.15, -0.1) is 0 Å². The highest BCUT2D eigenvalue weighted by atomic mass is 19.1. The molecule has 0 aliphatic carbocycles. The van der Waals surface area contributed by atoms with Crippen molar-refractivity contribution in [2.24, 2.45) is 0 Å². The second-order valence-corrected chi connectivity index (χ2v) is 3.37. The molecule has 0 amide bonds. The summed E-state index contributed by atoms with van der Waals surface area (Å²) in [7, 11) is 0. The maximum Gasteiger partial charge on any atom is 0.123 e. The van der Waals surface area contributed by atoms with Gasteiger partial charge in [0.25, 0.3) is 0 Å². The molecule has 1 rings (SSSR count). The van der Waals surface area contributed by atoms with E-state index in [2.05, 4.69) is 10.8 Å². The fraction of sp³-hybridized carbons (Fsp3) is 0.333. The Morgan fingerprint density at radius 3 is 2.56 bits per heavy atom. The van der Waals surface area contributed by atoms with Crippen molar-refractivity contribution in [3.05, 3.63) is 41.7 Å². The standard InChI is InChI=1S/C12H17FN2O/c1-2-3-12(14-8-9-15-16)10-4-6-11(13)7-5-10/h3-7,14-16H,2,8-9H2,1H3/b12-3+. The molecule has 3 nitrogen and oxygen atoms in total. The molecule has 88 valence electrons. The number of halogens is 1. The predicted molar refractivity (Wildman–Crippen MR) is 62.5 cm³/mol. The van der Waals surface area contributed by atoms with E-state index in [0.29, 0.717) is 13.1 Å². The normalized spacial score (nSPS) is 11.6. The largest absolute Gasteiger partial charge is 0.383 e. The van der Waals surface area contributed by atoms with Crippen LogP contribution < -0.4 is 10.8 Å². The molecular formula is C12H17FN2O. The van der Waals surface area contributed by atoms with Crippen molar-refractivity contribution in [2.75, 3.05) is 13.1 Å². The minimum atomic E-state index is -0.239. The van der Waals surface area contributed by atoms with Gasteiger partial charge in [-0.2, -0.15) is 0 Å².